The topological polar surface area (TPSA) is 0 Å². The van der Waals surface area contributed by atoms with Crippen molar-refractivity contribution in [1.29, 1.82) is 0 Å². The van der Waals surface area contributed by atoms with E-state index in [2.05, 4.69) is 146 Å². The normalized spacial score (nSPS) is 11.4. The standard InChI is InChI=1S/C30H24AsPS/c33-32(27-19-9-3-10-20-27,28-21-11-4-12-22-28)30-24-14-13-23-29(30)31(25-15-5-1-6-16-25)26-17-7-2-8-18-26/h1-24H. The molecule has 0 aliphatic heterocycles. The van der Waals surface area contributed by atoms with Crippen molar-refractivity contribution in [3.8, 4) is 0 Å². The number of rotatable bonds is 6. The van der Waals surface area contributed by atoms with Crippen molar-refractivity contribution >= 4 is 61.5 Å². The van der Waals surface area contributed by atoms with Crippen molar-refractivity contribution < 1.29 is 0 Å². The molecule has 0 nitrogen and oxygen atoms in total. The van der Waals surface area contributed by atoms with Crippen LogP contribution in [0.1, 0.15) is 0 Å². The van der Waals surface area contributed by atoms with Crippen LogP contribution in [0.25, 0.3) is 0 Å². The molecule has 0 saturated carbocycles. The molecule has 0 saturated heterocycles. The van der Waals surface area contributed by atoms with E-state index in [1.807, 2.05) is 0 Å². The molecule has 0 unspecified atom stereocenters. The first kappa shape index (κ1) is 22.1. The summed E-state index contributed by atoms with van der Waals surface area (Å²) in [5.41, 5.74) is 0. The first-order valence-electron chi connectivity index (χ1n) is 11.0. The molecule has 0 aliphatic rings. The summed E-state index contributed by atoms with van der Waals surface area (Å²) in [7, 11) is 0. The summed E-state index contributed by atoms with van der Waals surface area (Å²) in [5, 5.41) is 3.81. The predicted octanol–water partition coefficient (Wildman–Crippen LogP) is 3.96. The monoisotopic (exact) mass is 522 g/mol. The molecule has 0 heterocycles. The molecule has 160 valence electrons. The van der Waals surface area contributed by atoms with Crippen LogP contribution in [0.3, 0.4) is 0 Å². The first-order valence-corrected chi connectivity index (χ1v) is 16.6. The maximum atomic E-state index is 6.74. The zero-order chi connectivity index (χ0) is 22.5. The zero-order valence-electron chi connectivity index (χ0n) is 18.2. The number of benzene rings is 5. The molecule has 5 aromatic carbocycles. The Morgan fingerprint density at radius 3 is 1.24 bits per heavy atom. The Balaban J connectivity index is 1.81. The Morgan fingerprint density at radius 1 is 0.424 bits per heavy atom. The third-order valence-corrected chi connectivity index (χ3v) is 16.3. The Morgan fingerprint density at radius 2 is 0.788 bits per heavy atom. The average molecular weight is 522 g/mol. The van der Waals surface area contributed by atoms with Gasteiger partial charge in [-0.15, -0.1) is 0 Å². The van der Waals surface area contributed by atoms with Crippen molar-refractivity contribution in [3.05, 3.63) is 146 Å². The molecule has 0 radical (unpaired) electrons. The van der Waals surface area contributed by atoms with Gasteiger partial charge in [0.05, 0.1) is 0 Å². The third kappa shape index (κ3) is 4.42. The SMILES string of the molecule is S=P(c1ccccc1)(c1ccccc1)c1ccccc1[As](c1ccccc1)c1ccccc1. The van der Waals surface area contributed by atoms with Gasteiger partial charge in [0, 0.05) is 0 Å². The fourth-order valence-corrected chi connectivity index (χ4v) is 14.9. The number of hydrogen-bond donors (Lipinski definition) is 0. The summed E-state index contributed by atoms with van der Waals surface area (Å²) < 4.78 is 4.27. The fraction of sp³-hybridized carbons (Fsp3) is 0. The molecule has 0 spiro atoms. The molecule has 0 aliphatic carbocycles. The summed E-state index contributed by atoms with van der Waals surface area (Å²) in [6.07, 6.45) is 0. The first-order chi connectivity index (χ1) is 16.3. The van der Waals surface area contributed by atoms with Crippen LogP contribution in [-0.2, 0) is 11.8 Å². The molecule has 5 aromatic rings. The van der Waals surface area contributed by atoms with Gasteiger partial charge in [-0.3, -0.25) is 0 Å². The van der Waals surface area contributed by atoms with Gasteiger partial charge in [-0.25, -0.2) is 0 Å². The van der Waals surface area contributed by atoms with Gasteiger partial charge in [0.15, 0.2) is 0 Å². The Bertz CT molecular complexity index is 1290. The van der Waals surface area contributed by atoms with Crippen LogP contribution >= 0.6 is 6.04 Å². The van der Waals surface area contributed by atoms with Gasteiger partial charge in [0.2, 0.25) is 0 Å². The molecule has 3 heteroatoms. The molecular weight excluding hydrogens is 498 g/mol. The molecule has 5 rings (SSSR count). The van der Waals surface area contributed by atoms with E-state index in [-0.39, 0.29) is 0 Å². The molecule has 0 N–H and O–H groups in total. The number of hydrogen-bond acceptors (Lipinski definition) is 1. The molecule has 0 fully saturated rings. The molecule has 0 bridgehead atoms. The van der Waals surface area contributed by atoms with Gasteiger partial charge < -0.3 is 0 Å². The summed E-state index contributed by atoms with van der Waals surface area (Å²) in [6.45, 7) is 0. The molecule has 0 amide bonds. The van der Waals surface area contributed by atoms with Gasteiger partial charge in [0.25, 0.3) is 0 Å². The van der Waals surface area contributed by atoms with E-state index >= 15 is 0 Å². The van der Waals surface area contributed by atoms with Crippen molar-refractivity contribution in [1.82, 2.24) is 0 Å². The van der Waals surface area contributed by atoms with Crippen molar-refractivity contribution in [2.45, 2.75) is 0 Å². The van der Waals surface area contributed by atoms with Gasteiger partial charge >= 0.3 is 207 Å². The summed E-state index contributed by atoms with van der Waals surface area (Å²) >= 11 is 4.92. The minimum atomic E-state index is -2.24. The maximum absolute atomic E-state index is 6.74. The van der Waals surface area contributed by atoms with Crippen molar-refractivity contribution in [2.75, 3.05) is 0 Å². The summed E-state index contributed by atoms with van der Waals surface area (Å²) in [4.78, 5) is 0. The summed E-state index contributed by atoms with van der Waals surface area (Å²) in [6, 6.07) is 50.2. The van der Waals surface area contributed by atoms with E-state index < -0.39 is 20.7 Å². The summed E-state index contributed by atoms with van der Waals surface area (Å²) in [5.74, 6) is 0. The van der Waals surface area contributed by atoms with Crippen molar-refractivity contribution in [3.63, 3.8) is 0 Å². The Kier molecular flexibility index (Phi) is 6.75. The quantitative estimate of drug-likeness (QED) is 0.241. The van der Waals surface area contributed by atoms with Gasteiger partial charge in [0.1, 0.15) is 0 Å². The third-order valence-electron chi connectivity index (χ3n) is 5.73. The van der Waals surface area contributed by atoms with E-state index in [9.17, 15) is 0 Å². The van der Waals surface area contributed by atoms with Crippen LogP contribution in [0.4, 0.5) is 0 Å². The van der Waals surface area contributed by atoms with E-state index in [0.29, 0.717) is 0 Å². The second kappa shape index (κ2) is 10.1. The molecule has 33 heavy (non-hydrogen) atoms. The second-order valence-electron chi connectivity index (χ2n) is 7.78. The van der Waals surface area contributed by atoms with Gasteiger partial charge in [-0.1, -0.05) is 0 Å². The van der Waals surface area contributed by atoms with Crippen LogP contribution in [0, 0.1) is 0 Å². The van der Waals surface area contributed by atoms with Crippen molar-refractivity contribution in [2.24, 2.45) is 0 Å². The Labute approximate surface area is 206 Å². The molecular formula is C30H24AsPS. The predicted molar refractivity (Wildman–Crippen MR) is 150 cm³/mol. The molecule has 0 atom stereocenters. The minimum absolute atomic E-state index is 1.24. The van der Waals surface area contributed by atoms with E-state index in [0.717, 1.165) is 0 Å². The van der Waals surface area contributed by atoms with E-state index in [1.165, 1.54) is 29.0 Å². The Hall–Kier alpha value is -2.69. The van der Waals surface area contributed by atoms with Crippen LogP contribution in [0.15, 0.2) is 146 Å². The van der Waals surface area contributed by atoms with Crippen LogP contribution in [0.2, 0.25) is 0 Å². The second-order valence-corrected chi connectivity index (χ2v) is 16.7. The average Bonchev–Trinajstić information content (AvgIpc) is 2.91. The zero-order valence-corrected chi connectivity index (χ0v) is 21.7. The van der Waals surface area contributed by atoms with Crippen LogP contribution in [-0.4, -0.2) is 14.7 Å². The van der Waals surface area contributed by atoms with Gasteiger partial charge in [-0.2, -0.15) is 0 Å². The van der Waals surface area contributed by atoms with Gasteiger partial charge in [-0.05, 0) is 0 Å². The van der Waals surface area contributed by atoms with E-state index in [4.69, 9.17) is 11.8 Å². The van der Waals surface area contributed by atoms with Crippen LogP contribution < -0.4 is 29.0 Å². The molecule has 0 aromatic heterocycles. The van der Waals surface area contributed by atoms with E-state index in [1.54, 1.807) is 0 Å². The van der Waals surface area contributed by atoms with Crippen LogP contribution in [0.5, 0.6) is 0 Å². The fourth-order valence-electron chi connectivity index (χ4n) is 4.20.